The van der Waals surface area contributed by atoms with Gasteiger partial charge in [-0.15, -0.1) is 0 Å². The van der Waals surface area contributed by atoms with Gasteiger partial charge in [-0.2, -0.15) is 0 Å². The molecule has 8 heteroatoms. The van der Waals surface area contributed by atoms with Gasteiger partial charge in [0.25, 0.3) is 0 Å². The molecule has 196 valence electrons. The highest BCUT2D eigenvalue weighted by Crippen LogP contribution is 2.50. The van der Waals surface area contributed by atoms with E-state index in [1.165, 1.54) is 0 Å². The van der Waals surface area contributed by atoms with Crippen LogP contribution in [0.3, 0.4) is 0 Å². The molecule has 0 radical (unpaired) electrons. The number of anilines is 1. The fraction of sp³-hybridized carbons (Fsp3) is 0.345. The Morgan fingerprint density at radius 1 is 0.838 bits per heavy atom. The Morgan fingerprint density at radius 2 is 1.57 bits per heavy atom. The molecule has 3 aromatic carbocycles. The first-order valence-corrected chi connectivity index (χ1v) is 12.1. The van der Waals surface area contributed by atoms with E-state index in [9.17, 15) is 4.79 Å². The lowest BCUT2D eigenvalue weighted by atomic mass is 9.95. The quantitative estimate of drug-likeness (QED) is 0.436. The Morgan fingerprint density at radius 3 is 2.22 bits per heavy atom. The molecule has 0 heterocycles. The van der Waals surface area contributed by atoms with Crippen molar-refractivity contribution < 1.29 is 23.7 Å². The molecular formula is C29H34N2O6. The molecule has 8 nitrogen and oxygen atoms in total. The van der Waals surface area contributed by atoms with E-state index in [-0.39, 0.29) is 11.5 Å². The second-order valence-corrected chi connectivity index (χ2v) is 8.69. The lowest BCUT2D eigenvalue weighted by Gasteiger charge is -2.19. The Bertz CT molecular complexity index is 1340. The van der Waals surface area contributed by atoms with Crippen LogP contribution in [0.1, 0.15) is 29.2 Å². The zero-order chi connectivity index (χ0) is 26.5. The number of methoxy groups -OCH3 is 5. The predicted octanol–water partition coefficient (Wildman–Crippen LogP) is 4.58. The third-order valence-corrected chi connectivity index (χ3v) is 6.84. The number of nitrogens with one attached hydrogen (secondary N) is 2. The topological polar surface area (TPSA) is 87.3 Å². The second kappa shape index (κ2) is 11.4. The van der Waals surface area contributed by atoms with Crippen LogP contribution in [0.15, 0.2) is 47.3 Å². The van der Waals surface area contributed by atoms with Gasteiger partial charge >= 0.3 is 0 Å². The minimum absolute atomic E-state index is 0.0180. The number of para-hydroxylation sites is 1. The van der Waals surface area contributed by atoms with E-state index in [0.717, 1.165) is 40.7 Å². The molecule has 0 fully saturated rings. The molecule has 0 saturated heterocycles. The lowest BCUT2D eigenvalue weighted by Crippen LogP contribution is -2.18. The fourth-order valence-electron chi connectivity index (χ4n) is 5.04. The first-order chi connectivity index (χ1) is 18.0. The van der Waals surface area contributed by atoms with Crippen molar-refractivity contribution in [1.29, 1.82) is 0 Å². The molecule has 2 N–H and O–H groups in total. The molecule has 37 heavy (non-hydrogen) atoms. The summed E-state index contributed by atoms with van der Waals surface area (Å²) < 4.78 is 28.1. The van der Waals surface area contributed by atoms with E-state index in [0.29, 0.717) is 41.0 Å². The summed E-state index contributed by atoms with van der Waals surface area (Å²) in [6, 6.07) is 13.2. The summed E-state index contributed by atoms with van der Waals surface area (Å²) in [4.78, 5) is 13.4. The van der Waals surface area contributed by atoms with E-state index in [4.69, 9.17) is 23.7 Å². The van der Waals surface area contributed by atoms with Gasteiger partial charge in [-0.3, -0.25) is 4.79 Å². The van der Waals surface area contributed by atoms with Crippen molar-refractivity contribution in [3.05, 3.63) is 69.4 Å². The van der Waals surface area contributed by atoms with Crippen LogP contribution < -0.4 is 39.7 Å². The molecule has 4 rings (SSSR count). The number of rotatable bonds is 9. The van der Waals surface area contributed by atoms with Crippen molar-refractivity contribution in [2.24, 2.45) is 0 Å². The molecule has 1 aliphatic carbocycles. The minimum Gasteiger partial charge on any atom is -0.493 e. The zero-order valence-electron chi connectivity index (χ0n) is 22.2. The van der Waals surface area contributed by atoms with Crippen LogP contribution in [0.25, 0.3) is 11.1 Å². The highest BCUT2D eigenvalue weighted by molar-refractivity contribution is 5.83. The number of ether oxygens (including phenoxy) is 5. The number of hydrogen-bond donors (Lipinski definition) is 2. The summed E-state index contributed by atoms with van der Waals surface area (Å²) >= 11 is 0. The van der Waals surface area contributed by atoms with Gasteiger partial charge in [0.2, 0.25) is 11.2 Å². The standard InChI is InChI=1S/C29H34N2O6/c1-30-21-12-10-17-14-25(34-3)28(36-5)29(37-6)26(17)19-11-13-22(23(32)15-20(19)21)31-16-18-8-7-9-24(33-2)27(18)35-4/h7-9,11,13-15,21,30H,10,12,16H2,1-6H3,(H,31,32). The van der Waals surface area contributed by atoms with E-state index in [2.05, 4.69) is 10.6 Å². The van der Waals surface area contributed by atoms with Crippen LogP contribution in [-0.4, -0.2) is 42.6 Å². The fourth-order valence-corrected chi connectivity index (χ4v) is 5.04. The number of fused-ring (bicyclic) bond motifs is 3. The molecule has 1 aliphatic rings. The monoisotopic (exact) mass is 506 g/mol. The lowest BCUT2D eigenvalue weighted by molar-refractivity contribution is 0.324. The molecule has 0 aliphatic heterocycles. The molecule has 3 aromatic rings. The van der Waals surface area contributed by atoms with Crippen LogP contribution in [0.5, 0.6) is 28.7 Å². The molecule has 0 spiro atoms. The maximum atomic E-state index is 13.4. The van der Waals surface area contributed by atoms with Gasteiger partial charge in [0.15, 0.2) is 23.0 Å². The third kappa shape index (κ3) is 4.89. The number of benzene rings is 2. The highest BCUT2D eigenvalue weighted by atomic mass is 16.5. The maximum absolute atomic E-state index is 13.4. The van der Waals surface area contributed by atoms with Crippen molar-refractivity contribution in [1.82, 2.24) is 5.32 Å². The van der Waals surface area contributed by atoms with Crippen LogP contribution in [0.4, 0.5) is 5.69 Å². The summed E-state index contributed by atoms with van der Waals surface area (Å²) in [5.74, 6) is 3.00. The van der Waals surface area contributed by atoms with Gasteiger partial charge in [0.05, 0.1) is 41.2 Å². The maximum Gasteiger partial charge on any atom is 0.203 e. The molecule has 0 amide bonds. The summed E-state index contributed by atoms with van der Waals surface area (Å²) in [6.07, 6.45) is 1.59. The number of hydrogen-bond acceptors (Lipinski definition) is 8. The van der Waals surface area contributed by atoms with Crippen LogP contribution in [0.2, 0.25) is 0 Å². The first kappa shape index (κ1) is 26.2. The van der Waals surface area contributed by atoms with Crippen molar-refractivity contribution in [2.45, 2.75) is 25.4 Å². The normalized spacial score (nSPS) is 14.1. The summed E-state index contributed by atoms with van der Waals surface area (Å²) in [5.41, 5.74) is 5.05. The smallest absolute Gasteiger partial charge is 0.203 e. The molecule has 0 bridgehead atoms. The van der Waals surface area contributed by atoms with E-state index in [1.807, 2.05) is 43.4 Å². The first-order valence-electron chi connectivity index (χ1n) is 12.1. The van der Waals surface area contributed by atoms with Gasteiger partial charge in [0, 0.05) is 23.7 Å². The molecular weight excluding hydrogens is 472 g/mol. The van der Waals surface area contributed by atoms with Gasteiger partial charge in [-0.25, -0.2) is 0 Å². The van der Waals surface area contributed by atoms with Crippen molar-refractivity contribution in [2.75, 3.05) is 47.9 Å². The SMILES string of the molecule is CNC1CCc2cc(OC)c(OC)c(OC)c2-c2ccc(NCc3cccc(OC)c3OC)c(=O)cc21. The van der Waals surface area contributed by atoms with E-state index in [1.54, 1.807) is 41.6 Å². The average Bonchev–Trinajstić information content (AvgIpc) is 3.17. The summed E-state index contributed by atoms with van der Waals surface area (Å²) in [6.45, 7) is 0.394. The molecule has 1 unspecified atom stereocenters. The van der Waals surface area contributed by atoms with E-state index < -0.39 is 0 Å². The Labute approximate surface area is 217 Å². The van der Waals surface area contributed by atoms with Gasteiger partial charge in [-0.05, 0) is 60.8 Å². The predicted molar refractivity (Wildman–Crippen MR) is 145 cm³/mol. The summed E-state index contributed by atoms with van der Waals surface area (Å²) in [5, 5.41) is 6.68. The summed E-state index contributed by atoms with van der Waals surface area (Å²) in [7, 11) is 9.94. The average molecular weight is 507 g/mol. The molecule has 0 aromatic heterocycles. The molecule has 0 saturated carbocycles. The van der Waals surface area contributed by atoms with Crippen molar-refractivity contribution in [3.8, 4) is 39.9 Å². The zero-order valence-corrected chi connectivity index (χ0v) is 22.2. The Balaban J connectivity index is 1.85. The van der Waals surface area contributed by atoms with Crippen molar-refractivity contribution in [3.63, 3.8) is 0 Å². The third-order valence-electron chi connectivity index (χ3n) is 6.84. The minimum atomic E-state index is -0.105. The Hall–Kier alpha value is -3.91. The van der Waals surface area contributed by atoms with Crippen LogP contribution in [-0.2, 0) is 13.0 Å². The van der Waals surface area contributed by atoms with Gasteiger partial charge in [0.1, 0.15) is 0 Å². The van der Waals surface area contributed by atoms with Gasteiger partial charge in [-0.1, -0.05) is 18.2 Å². The van der Waals surface area contributed by atoms with Crippen LogP contribution >= 0.6 is 0 Å². The highest BCUT2D eigenvalue weighted by Gasteiger charge is 2.28. The second-order valence-electron chi connectivity index (χ2n) is 8.69. The Kier molecular flexibility index (Phi) is 8.08. The van der Waals surface area contributed by atoms with Crippen molar-refractivity contribution >= 4 is 5.69 Å². The molecule has 1 atom stereocenters. The largest absolute Gasteiger partial charge is 0.493 e. The number of aryl methyl sites for hydroxylation is 1. The van der Waals surface area contributed by atoms with Gasteiger partial charge < -0.3 is 34.3 Å². The van der Waals surface area contributed by atoms with E-state index >= 15 is 0 Å². The van der Waals surface area contributed by atoms with Crippen LogP contribution in [0, 0.1) is 0 Å².